The normalized spacial score (nSPS) is 14.6. The minimum atomic E-state index is -1.85. The van der Waals surface area contributed by atoms with E-state index in [1.54, 1.807) is 0 Å². The number of hydrogen-bond donors (Lipinski definition) is 0. The van der Waals surface area contributed by atoms with Gasteiger partial charge in [0, 0.05) is 8.07 Å². The Labute approximate surface area is 148 Å². The molecule has 0 bridgehead atoms. The molecule has 0 aromatic rings. The average Bonchev–Trinajstić information content (AvgIpc) is 2.39. The molecule has 0 saturated heterocycles. The summed E-state index contributed by atoms with van der Waals surface area (Å²) in [7, 11) is -2.95. The fourth-order valence-electron chi connectivity index (χ4n) is 3.47. The summed E-state index contributed by atoms with van der Waals surface area (Å²) in [5.41, 5.74) is 1.87. The van der Waals surface area contributed by atoms with Gasteiger partial charge in [-0.05, 0) is 41.2 Å². The molecule has 0 unspecified atom stereocenters. The van der Waals surface area contributed by atoms with Crippen LogP contribution in [0.15, 0.2) is 24.0 Å². The van der Waals surface area contributed by atoms with E-state index in [-0.39, 0.29) is 0 Å². The molecule has 0 heterocycles. The first-order valence-corrected chi connectivity index (χ1v) is 15.4. The van der Waals surface area contributed by atoms with Crippen LogP contribution in [0.25, 0.3) is 0 Å². The van der Waals surface area contributed by atoms with Gasteiger partial charge in [-0.25, -0.2) is 0 Å². The topological polar surface area (TPSA) is 9.23 Å². The minimum absolute atomic E-state index is 0.623. The molecule has 136 valence electrons. The second kappa shape index (κ2) is 9.88. The Morgan fingerprint density at radius 1 is 0.913 bits per heavy atom. The van der Waals surface area contributed by atoms with E-state index in [0.717, 1.165) is 12.2 Å². The van der Waals surface area contributed by atoms with Crippen molar-refractivity contribution in [1.29, 1.82) is 0 Å². The molecule has 0 rings (SSSR count). The Hall–Kier alpha value is -0.286. The molecule has 0 atom stereocenters. The molecule has 0 saturated carbocycles. The highest BCUT2D eigenvalue weighted by Gasteiger charge is 2.47. The quantitative estimate of drug-likeness (QED) is 0.221. The molecule has 3 heteroatoms. The third-order valence-corrected chi connectivity index (χ3v) is 12.1. The van der Waals surface area contributed by atoms with Crippen LogP contribution >= 0.6 is 0 Å². The molecule has 0 aliphatic heterocycles. The van der Waals surface area contributed by atoms with Crippen LogP contribution in [-0.2, 0) is 4.43 Å². The summed E-state index contributed by atoms with van der Waals surface area (Å²) in [6, 6.07) is 1.19. The summed E-state index contributed by atoms with van der Waals surface area (Å²) in [6.07, 6.45) is 9.24. The standard InChI is InChI=1S/C20H42OSi2/c1-11-12-13-14-20(15-16-22(8,9)10)21-23(17(2)3,18(4)5)19(6)7/h13-15,17-19H,11-12,16H2,1-10H3/b14-13-,20-15-. The summed E-state index contributed by atoms with van der Waals surface area (Å²) < 4.78 is 6.90. The molecular formula is C20H42OSi2. The Bertz CT molecular complexity index is 365. The predicted octanol–water partition coefficient (Wildman–Crippen LogP) is 7.76. The van der Waals surface area contributed by atoms with Gasteiger partial charge in [0.05, 0.1) is 5.76 Å². The lowest BCUT2D eigenvalue weighted by Crippen LogP contribution is -2.47. The highest BCUT2D eigenvalue weighted by Crippen LogP contribution is 2.43. The van der Waals surface area contributed by atoms with Gasteiger partial charge in [-0.15, -0.1) is 0 Å². The summed E-state index contributed by atoms with van der Waals surface area (Å²) in [5, 5.41) is 0. The zero-order valence-corrected chi connectivity index (χ0v) is 19.5. The van der Waals surface area contributed by atoms with E-state index in [0.29, 0.717) is 16.6 Å². The second-order valence-corrected chi connectivity index (χ2v) is 19.9. The molecule has 0 amide bonds. The highest BCUT2D eigenvalue weighted by atomic mass is 28.4. The summed E-state index contributed by atoms with van der Waals surface area (Å²) in [5.74, 6) is 1.14. The lowest BCUT2D eigenvalue weighted by Gasteiger charge is -2.42. The molecule has 0 aromatic heterocycles. The Kier molecular flexibility index (Phi) is 9.75. The Morgan fingerprint density at radius 2 is 1.39 bits per heavy atom. The number of allylic oxidation sites excluding steroid dienone is 3. The van der Waals surface area contributed by atoms with Crippen LogP contribution in [0, 0.1) is 0 Å². The van der Waals surface area contributed by atoms with Crippen LogP contribution < -0.4 is 0 Å². The summed E-state index contributed by atoms with van der Waals surface area (Å²) in [4.78, 5) is 0. The molecule has 0 N–H and O–H groups in total. The van der Waals surface area contributed by atoms with E-state index in [2.05, 4.69) is 86.3 Å². The van der Waals surface area contributed by atoms with E-state index in [4.69, 9.17) is 4.43 Å². The smallest absolute Gasteiger partial charge is 0.258 e. The Morgan fingerprint density at radius 3 is 1.74 bits per heavy atom. The van der Waals surface area contributed by atoms with Gasteiger partial charge in [0.1, 0.15) is 0 Å². The maximum Gasteiger partial charge on any atom is 0.258 e. The molecule has 0 aliphatic carbocycles. The van der Waals surface area contributed by atoms with Gasteiger partial charge < -0.3 is 4.43 Å². The van der Waals surface area contributed by atoms with Gasteiger partial charge in [0.2, 0.25) is 0 Å². The molecule has 0 aromatic carbocycles. The third kappa shape index (κ3) is 7.42. The van der Waals surface area contributed by atoms with Crippen molar-refractivity contribution >= 4 is 16.4 Å². The van der Waals surface area contributed by atoms with Crippen molar-refractivity contribution in [1.82, 2.24) is 0 Å². The first-order chi connectivity index (χ1) is 10.5. The van der Waals surface area contributed by atoms with E-state index in [9.17, 15) is 0 Å². The van der Waals surface area contributed by atoms with Gasteiger partial charge in [0.25, 0.3) is 8.32 Å². The zero-order valence-electron chi connectivity index (χ0n) is 17.5. The third-order valence-electron chi connectivity index (χ3n) is 4.65. The van der Waals surface area contributed by atoms with Crippen molar-refractivity contribution < 1.29 is 4.43 Å². The lowest BCUT2D eigenvalue weighted by atomic mass is 10.3. The molecular weight excluding hydrogens is 312 g/mol. The monoisotopic (exact) mass is 354 g/mol. The largest absolute Gasteiger partial charge is 0.543 e. The van der Waals surface area contributed by atoms with Crippen LogP contribution in [0.1, 0.15) is 61.3 Å². The lowest BCUT2D eigenvalue weighted by molar-refractivity contribution is 0.385. The predicted molar refractivity (Wildman–Crippen MR) is 112 cm³/mol. The van der Waals surface area contributed by atoms with Gasteiger partial charge in [-0.3, -0.25) is 0 Å². The molecule has 0 radical (unpaired) electrons. The van der Waals surface area contributed by atoms with Crippen LogP contribution in [0.4, 0.5) is 0 Å². The van der Waals surface area contributed by atoms with Crippen molar-refractivity contribution in [2.24, 2.45) is 0 Å². The van der Waals surface area contributed by atoms with Gasteiger partial charge in [0.15, 0.2) is 0 Å². The number of rotatable bonds is 10. The molecule has 0 fully saturated rings. The number of unbranched alkanes of at least 4 members (excludes halogenated alkanes) is 1. The SMILES string of the molecule is CCC/C=C\C(=C\C[Si](C)(C)C)O[Si](C(C)C)(C(C)C)C(C)C. The van der Waals surface area contributed by atoms with E-state index < -0.39 is 16.4 Å². The Balaban J connectivity index is 5.60. The van der Waals surface area contributed by atoms with Crippen LogP contribution in [-0.4, -0.2) is 16.4 Å². The molecule has 0 aliphatic rings. The van der Waals surface area contributed by atoms with Crippen molar-refractivity contribution in [2.75, 3.05) is 0 Å². The maximum atomic E-state index is 6.90. The number of hydrogen-bond acceptors (Lipinski definition) is 1. The minimum Gasteiger partial charge on any atom is -0.543 e. The second-order valence-electron chi connectivity index (χ2n) is 8.98. The first-order valence-electron chi connectivity index (χ1n) is 9.53. The van der Waals surface area contributed by atoms with Gasteiger partial charge >= 0.3 is 0 Å². The van der Waals surface area contributed by atoms with Crippen LogP contribution in [0.2, 0.25) is 42.3 Å². The van der Waals surface area contributed by atoms with E-state index in [1.807, 2.05) is 0 Å². The summed E-state index contributed by atoms with van der Waals surface area (Å²) >= 11 is 0. The van der Waals surface area contributed by atoms with E-state index >= 15 is 0 Å². The summed E-state index contributed by atoms with van der Waals surface area (Å²) in [6.45, 7) is 23.7. The van der Waals surface area contributed by atoms with Gasteiger partial charge in [-0.1, -0.05) is 80.6 Å². The van der Waals surface area contributed by atoms with Crippen molar-refractivity contribution in [3.05, 3.63) is 24.0 Å². The zero-order chi connectivity index (χ0) is 18.3. The molecule has 0 spiro atoms. The van der Waals surface area contributed by atoms with Crippen LogP contribution in [0.5, 0.6) is 0 Å². The average molecular weight is 355 g/mol. The first kappa shape index (κ1) is 22.7. The van der Waals surface area contributed by atoms with E-state index in [1.165, 1.54) is 12.5 Å². The van der Waals surface area contributed by atoms with Crippen molar-refractivity contribution in [2.45, 2.75) is 104 Å². The fraction of sp³-hybridized carbons (Fsp3) is 0.800. The van der Waals surface area contributed by atoms with Crippen molar-refractivity contribution in [3.63, 3.8) is 0 Å². The molecule has 1 nitrogen and oxygen atoms in total. The van der Waals surface area contributed by atoms with Gasteiger partial charge in [-0.2, -0.15) is 0 Å². The van der Waals surface area contributed by atoms with Crippen LogP contribution in [0.3, 0.4) is 0 Å². The maximum absolute atomic E-state index is 6.90. The fourth-order valence-corrected chi connectivity index (χ4v) is 9.55. The highest BCUT2D eigenvalue weighted by molar-refractivity contribution is 6.78. The molecule has 23 heavy (non-hydrogen) atoms. The van der Waals surface area contributed by atoms with Crippen molar-refractivity contribution in [3.8, 4) is 0 Å².